The first-order valence-corrected chi connectivity index (χ1v) is 9.43. The topological polar surface area (TPSA) is 33.5 Å². The molecule has 0 atom stereocenters. The number of hydrogen-bond donors (Lipinski definition) is 2. The maximum absolute atomic E-state index is 12.3. The standard InChI is InChI=1S/C19H20BrClN2O/c20-16-7-8-18(21)17(11-16)19(24)22-12-14-3-5-15(6-4-14)13-23-9-1-2-10-23/h3-8,11H,1-2,9-10,12-13H2,(H,22,24)/p+1. The first-order valence-electron chi connectivity index (χ1n) is 8.26. The molecule has 0 unspecified atom stereocenters. The third-order valence-corrected chi connectivity index (χ3v) is 5.24. The van der Waals surface area contributed by atoms with Gasteiger partial charge in [0.1, 0.15) is 6.54 Å². The molecule has 1 aliphatic rings. The molecule has 1 heterocycles. The first-order chi connectivity index (χ1) is 11.6. The molecule has 2 aromatic carbocycles. The van der Waals surface area contributed by atoms with Crippen molar-refractivity contribution in [3.63, 3.8) is 0 Å². The normalized spacial score (nSPS) is 14.8. The molecule has 1 fully saturated rings. The first kappa shape index (κ1) is 17.5. The quantitative estimate of drug-likeness (QED) is 0.782. The molecule has 1 aliphatic heterocycles. The number of halogens is 2. The number of benzene rings is 2. The summed E-state index contributed by atoms with van der Waals surface area (Å²) >= 11 is 9.45. The monoisotopic (exact) mass is 407 g/mol. The highest BCUT2D eigenvalue weighted by atomic mass is 79.9. The summed E-state index contributed by atoms with van der Waals surface area (Å²) in [6, 6.07) is 13.8. The Morgan fingerprint density at radius 1 is 1.08 bits per heavy atom. The molecule has 0 bridgehead atoms. The Morgan fingerprint density at radius 2 is 1.75 bits per heavy atom. The lowest BCUT2D eigenvalue weighted by molar-refractivity contribution is -0.901. The van der Waals surface area contributed by atoms with E-state index in [0.29, 0.717) is 17.1 Å². The van der Waals surface area contributed by atoms with Gasteiger partial charge in [-0.25, -0.2) is 0 Å². The number of quaternary nitrogens is 1. The zero-order chi connectivity index (χ0) is 16.9. The minimum absolute atomic E-state index is 0.160. The van der Waals surface area contributed by atoms with Crippen molar-refractivity contribution in [2.24, 2.45) is 0 Å². The molecule has 0 aromatic heterocycles. The van der Waals surface area contributed by atoms with Crippen LogP contribution in [0.1, 0.15) is 34.3 Å². The van der Waals surface area contributed by atoms with Crippen LogP contribution in [0.4, 0.5) is 0 Å². The second-order valence-electron chi connectivity index (χ2n) is 6.26. The summed E-state index contributed by atoms with van der Waals surface area (Å²) < 4.78 is 0.839. The van der Waals surface area contributed by atoms with Crippen molar-refractivity contribution in [1.29, 1.82) is 0 Å². The summed E-state index contributed by atoms with van der Waals surface area (Å²) in [5, 5.41) is 3.38. The largest absolute Gasteiger partial charge is 0.348 e. The maximum atomic E-state index is 12.3. The van der Waals surface area contributed by atoms with Gasteiger partial charge in [-0.2, -0.15) is 0 Å². The Hall–Kier alpha value is -1.36. The number of carbonyl (C=O) groups excluding carboxylic acids is 1. The van der Waals surface area contributed by atoms with E-state index < -0.39 is 0 Å². The van der Waals surface area contributed by atoms with Crippen LogP contribution in [0.2, 0.25) is 5.02 Å². The molecule has 1 saturated heterocycles. The number of nitrogens with one attached hydrogen (secondary N) is 2. The SMILES string of the molecule is O=C(NCc1ccc(C[NH+]2CCCC2)cc1)c1cc(Br)ccc1Cl. The van der Waals surface area contributed by atoms with Crippen molar-refractivity contribution < 1.29 is 9.69 Å². The molecule has 2 aromatic rings. The molecule has 3 nitrogen and oxygen atoms in total. The van der Waals surface area contributed by atoms with Crippen LogP contribution in [0.15, 0.2) is 46.9 Å². The summed E-state index contributed by atoms with van der Waals surface area (Å²) in [4.78, 5) is 13.9. The fourth-order valence-corrected chi connectivity index (χ4v) is 3.63. The third-order valence-electron chi connectivity index (χ3n) is 4.41. The van der Waals surface area contributed by atoms with E-state index in [9.17, 15) is 4.79 Å². The lowest BCUT2D eigenvalue weighted by atomic mass is 10.1. The fraction of sp³-hybridized carbons (Fsp3) is 0.316. The van der Waals surface area contributed by atoms with Gasteiger partial charge in [0.05, 0.1) is 23.7 Å². The highest BCUT2D eigenvalue weighted by Gasteiger charge is 2.15. The summed E-state index contributed by atoms with van der Waals surface area (Å²) in [5.41, 5.74) is 2.94. The van der Waals surface area contributed by atoms with Crippen LogP contribution in [-0.4, -0.2) is 19.0 Å². The van der Waals surface area contributed by atoms with E-state index >= 15 is 0 Å². The maximum Gasteiger partial charge on any atom is 0.253 e. The summed E-state index contributed by atoms with van der Waals surface area (Å²) in [5.74, 6) is -0.160. The highest BCUT2D eigenvalue weighted by molar-refractivity contribution is 9.10. The molecule has 24 heavy (non-hydrogen) atoms. The molecule has 126 valence electrons. The van der Waals surface area contributed by atoms with Gasteiger partial charge in [0, 0.05) is 29.4 Å². The number of carbonyl (C=O) groups is 1. The Kier molecular flexibility index (Phi) is 5.93. The Morgan fingerprint density at radius 3 is 2.46 bits per heavy atom. The minimum Gasteiger partial charge on any atom is -0.348 e. The van der Waals surface area contributed by atoms with Gasteiger partial charge in [-0.1, -0.05) is 51.8 Å². The highest BCUT2D eigenvalue weighted by Crippen LogP contribution is 2.21. The average Bonchev–Trinajstić information content (AvgIpc) is 3.09. The van der Waals surface area contributed by atoms with Crippen LogP contribution < -0.4 is 10.2 Å². The lowest BCUT2D eigenvalue weighted by Gasteiger charge is -2.12. The summed E-state index contributed by atoms with van der Waals surface area (Å²) in [7, 11) is 0. The average molecular weight is 409 g/mol. The number of rotatable bonds is 5. The molecule has 0 saturated carbocycles. The van der Waals surface area contributed by atoms with Crippen LogP contribution in [0.5, 0.6) is 0 Å². The van der Waals surface area contributed by atoms with Crippen LogP contribution in [0.3, 0.4) is 0 Å². The van der Waals surface area contributed by atoms with E-state index in [4.69, 9.17) is 11.6 Å². The molecular formula is C19H21BrClN2O+. The molecule has 2 N–H and O–H groups in total. The second-order valence-corrected chi connectivity index (χ2v) is 7.58. The van der Waals surface area contributed by atoms with Gasteiger partial charge in [0.2, 0.25) is 0 Å². The van der Waals surface area contributed by atoms with Gasteiger partial charge in [0.25, 0.3) is 5.91 Å². The molecule has 5 heteroatoms. The van der Waals surface area contributed by atoms with Crippen LogP contribution in [0, 0.1) is 0 Å². The molecule has 0 aliphatic carbocycles. The van der Waals surface area contributed by atoms with Crippen molar-refractivity contribution in [3.05, 3.63) is 68.7 Å². The van der Waals surface area contributed by atoms with Gasteiger partial charge < -0.3 is 10.2 Å². The van der Waals surface area contributed by atoms with Gasteiger partial charge in [-0.15, -0.1) is 0 Å². The van der Waals surface area contributed by atoms with Crippen molar-refractivity contribution in [3.8, 4) is 0 Å². The molecule has 0 radical (unpaired) electrons. The van der Waals surface area contributed by atoms with Crippen molar-refractivity contribution in [2.75, 3.05) is 13.1 Å². The minimum atomic E-state index is -0.160. The van der Waals surface area contributed by atoms with Crippen molar-refractivity contribution >= 4 is 33.4 Å². The molecule has 0 spiro atoms. The van der Waals surface area contributed by atoms with Crippen LogP contribution in [-0.2, 0) is 13.1 Å². The summed E-state index contributed by atoms with van der Waals surface area (Å²) in [6.45, 7) is 4.16. The Balaban J connectivity index is 1.56. The van der Waals surface area contributed by atoms with E-state index in [1.165, 1.54) is 31.5 Å². The third kappa shape index (κ3) is 4.59. The predicted molar refractivity (Wildman–Crippen MR) is 100 cm³/mol. The van der Waals surface area contributed by atoms with E-state index in [0.717, 1.165) is 16.6 Å². The Labute approximate surface area is 156 Å². The number of likely N-dealkylation sites (tertiary alicyclic amines) is 1. The van der Waals surface area contributed by atoms with Crippen molar-refractivity contribution in [2.45, 2.75) is 25.9 Å². The zero-order valence-electron chi connectivity index (χ0n) is 13.4. The summed E-state index contributed by atoms with van der Waals surface area (Å²) in [6.07, 6.45) is 2.69. The fourth-order valence-electron chi connectivity index (χ4n) is 3.06. The second kappa shape index (κ2) is 8.15. The van der Waals surface area contributed by atoms with Crippen molar-refractivity contribution in [1.82, 2.24) is 5.32 Å². The van der Waals surface area contributed by atoms with E-state index in [1.54, 1.807) is 17.0 Å². The van der Waals surface area contributed by atoms with Crippen LogP contribution >= 0.6 is 27.5 Å². The smallest absolute Gasteiger partial charge is 0.253 e. The predicted octanol–water partition coefficient (Wildman–Crippen LogP) is 3.21. The van der Waals surface area contributed by atoms with Gasteiger partial charge >= 0.3 is 0 Å². The van der Waals surface area contributed by atoms with Crippen LogP contribution in [0.25, 0.3) is 0 Å². The molecule has 3 rings (SSSR count). The van der Waals surface area contributed by atoms with Gasteiger partial charge in [0.15, 0.2) is 0 Å². The van der Waals surface area contributed by atoms with E-state index in [2.05, 4.69) is 45.5 Å². The Bertz CT molecular complexity index is 712. The number of hydrogen-bond acceptors (Lipinski definition) is 1. The van der Waals surface area contributed by atoms with Gasteiger partial charge in [-0.05, 0) is 23.8 Å². The van der Waals surface area contributed by atoms with E-state index in [-0.39, 0.29) is 5.91 Å². The van der Waals surface area contributed by atoms with E-state index in [1.807, 2.05) is 6.07 Å². The lowest BCUT2D eigenvalue weighted by Crippen LogP contribution is -3.08. The molecule has 1 amide bonds. The molecular weight excluding hydrogens is 388 g/mol. The van der Waals surface area contributed by atoms with Gasteiger partial charge in [-0.3, -0.25) is 4.79 Å². The zero-order valence-corrected chi connectivity index (χ0v) is 15.8. The number of amides is 1.